The number of hydrogen-bond acceptors (Lipinski definition) is 1. The van der Waals surface area contributed by atoms with Gasteiger partial charge in [-0.1, -0.05) is 12.8 Å². The van der Waals surface area contributed by atoms with E-state index in [9.17, 15) is 4.79 Å². The molecule has 1 radical (unpaired) electrons. The molecule has 61 valence electrons. The molecule has 1 saturated carbocycles. The van der Waals surface area contributed by atoms with Gasteiger partial charge in [-0.3, -0.25) is 4.79 Å². The molecular weight excluding hydrogens is 138 g/mol. The van der Waals surface area contributed by atoms with Crippen molar-refractivity contribution >= 4 is 5.78 Å². The summed E-state index contributed by atoms with van der Waals surface area (Å²) in [5.41, 5.74) is 0. The van der Waals surface area contributed by atoms with Crippen LogP contribution in [0.4, 0.5) is 0 Å². The molecule has 0 aromatic heterocycles. The van der Waals surface area contributed by atoms with Gasteiger partial charge in [0.1, 0.15) is 5.78 Å². The van der Waals surface area contributed by atoms with Crippen LogP contribution in [0.25, 0.3) is 0 Å². The zero-order valence-corrected chi connectivity index (χ0v) is 6.75. The zero-order chi connectivity index (χ0) is 7.68. The lowest BCUT2D eigenvalue weighted by molar-refractivity contribution is -0.126. The van der Waals surface area contributed by atoms with Crippen LogP contribution < -0.4 is 5.32 Å². The first kappa shape index (κ1) is 7.29. The highest BCUT2D eigenvalue weighted by molar-refractivity contribution is 5.82. The minimum Gasteiger partial charge on any atom is -0.299 e. The Kier molecular flexibility index (Phi) is 1.95. The fourth-order valence-corrected chi connectivity index (χ4v) is 2.23. The van der Waals surface area contributed by atoms with Crippen LogP contribution in [0.5, 0.6) is 0 Å². The molecule has 1 aliphatic carbocycles. The molecule has 2 nitrogen and oxygen atoms in total. The van der Waals surface area contributed by atoms with Crippen LogP contribution in [0.15, 0.2) is 0 Å². The van der Waals surface area contributed by atoms with E-state index in [1.807, 2.05) is 0 Å². The maximum Gasteiger partial charge on any atom is 0.138 e. The average molecular weight is 152 g/mol. The van der Waals surface area contributed by atoms with Crippen LogP contribution in [0.2, 0.25) is 0 Å². The van der Waals surface area contributed by atoms with Crippen molar-refractivity contribution in [3.63, 3.8) is 0 Å². The summed E-state index contributed by atoms with van der Waals surface area (Å²) in [4.78, 5) is 11.4. The predicted octanol–water partition coefficient (Wildman–Crippen LogP) is 1.12. The summed E-state index contributed by atoms with van der Waals surface area (Å²) in [5, 5.41) is 4.48. The number of carbonyl (C=O) groups excluding carboxylic acids is 1. The monoisotopic (exact) mass is 152 g/mol. The van der Waals surface area contributed by atoms with Crippen molar-refractivity contribution in [3.05, 3.63) is 0 Å². The number of rotatable bonds is 0. The molecule has 1 saturated heterocycles. The van der Waals surface area contributed by atoms with Gasteiger partial charge in [-0.2, -0.15) is 0 Å². The van der Waals surface area contributed by atoms with Gasteiger partial charge in [-0.15, -0.1) is 0 Å². The lowest BCUT2D eigenvalue weighted by atomic mass is 9.79. The SMILES string of the molecule is O=C1CC[N]C2CCCCC12. The molecule has 0 aromatic rings. The number of carbonyl (C=O) groups is 1. The second-order valence-corrected chi connectivity index (χ2v) is 3.58. The molecule has 0 bridgehead atoms. The molecule has 2 rings (SSSR count). The minimum atomic E-state index is 0.317. The second kappa shape index (κ2) is 2.94. The molecule has 1 heterocycles. The molecule has 2 atom stereocenters. The summed E-state index contributed by atoms with van der Waals surface area (Å²) < 4.78 is 0. The van der Waals surface area contributed by atoms with Crippen molar-refractivity contribution in [2.45, 2.75) is 38.1 Å². The van der Waals surface area contributed by atoms with Crippen LogP contribution in [-0.2, 0) is 4.79 Å². The first-order chi connectivity index (χ1) is 5.38. The third kappa shape index (κ3) is 1.32. The van der Waals surface area contributed by atoms with Crippen LogP contribution in [-0.4, -0.2) is 18.4 Å². The van der Waals surface area contributed by atoms with Crippen molar-refractivity contribution in [2.24, 2.45) is 5.92 Å². The lowest BCUT2D eigenvalue weighted by Gasteiger charge is -2.33. The highest BCUT2D eigenvalue weighted by Gasteiger charge is 2.33. The van der Waals surface area contributed by atoms with E-state index in [2.05, 4.69) is 5.32 Å². The normalized spacial score (nSPS) is 38.4. The average Bonchev–Trinajstić information content (AvgIpc) is 2.06. The molecule has 2 fully saturated rings. The van der Waals surface area contributed by atoms with Crippen molar-refractivity contribution in [2.75, 3.05) is 6.54 Å². The van der Waals surface area contributed by atoms with Crippen LogP contribution in [0.1, 0.15) is 32.1 Å². The van der Waals surface area contributed by atoms with Gasteiger partial charge in [0.05, 0.1) is 0 Å². The first-order valence-electron chi connectivity index (χ1n) is 4.57. The Hall–Kier alpha value is -0.370. The van der Waals surface area contributed by atoms with E-state index in [1.54, 1.807) is 0 Å². The summed E-state index contributed by atoms with van der Waals surface area (Å²) >= 11 is 0. The molecule has 2 aliphatic rings. The van der Waals surface area contributed by atoms with Gasteiger partial charge in [-0.05, 0) is 12.8 Å². The minimum absolute atomic E-state index is 0.317. The van der Waals surface area contributed by atoms with Crippen molar-refractivity contribution in [1.82, 2.24) is 5.32 Å². The van der Waals surface area contributed by atoms with Crippen LogP contribution >= 0.6 is 0 Å². The predicted molar refractivity (Wildman–Crippen MR) is 42.4 cm³/mol. The van der Waals surface area contributed by atoms with Gasteiger partial charge < -0.3 is 0 Å². The fourth-order valence-electron chi connectivity index (χ4n) is 2.23. The summed E-state index contributed by atoms with van der Waals surface area (Å²) in [6.45, 7) is 0.792. The van der Waals surface area contributed by atoms with E-state index in [4.69, 9.17) is 0 Å². The Morgan fingerprint density at radius 1 is 1.27 bits per heavy atom. The van der Waals surface area contributed by atoms with Gasteiger partial charge in [-0.25, -0.2) is 5.32 Å². The van der Waals surface area contributed by atoms with E-state index in [1.165, 1.54) is 12.8 Å². The zero-order valence-electron chi connectivity index (χ0n) is 6.75. The van der Waals surface area contributed by atoms with Gasteiger partial charge in [0, 0.05) is 24.9 Å². The molecule has 0 spiro atoms. The van der Waals surface area contributed by atoms with E-state index in [-0.39, 0.29) is 0 Å². The van der Waals surface area contributed by atoms with E-state index in [0.717, 1.165) is 19.4 Å². The van der Waals surface area contributed by atoms with E-state index < -0.39 is 0 Å². The first-order valence-corrected chi connectivity index (χ1v) is 4.57. The van der Waals surface area contributed by atoms with Crippen LogP contribution in [0, 0.1) is 5.92 Å². The Labute approximate surface area is 67.4 Å². The molecular formula is C9H14NO. The van der Waals surface area contributed by atoms with Crippen molar-refractivity contribution in [3.8, 4) is 0 Å². The number of Topliss-reactive ketones (excluding diaryl/α,β-unsaturated/α-hetero) is 1. The van der Waals surface area contributed by atoms with Crippen molar-refractivity contribution in [1.29, 1.82) is 0 Å². The van der Waals surface area contributed by atoms with Gasteiger partial charge in [0.15, 0.2) is 0 Å². The molecule has 11 heavy (non-hydrogen) atoms. The quantitative estimate of drug-likeness (QED) is 0.511. The number of piperidine rings is 1. The van der Waals surface area contributed by atoms with Crippen molar-refractivity contribution < 1.29 is 4.79 Å². The van der Waals surface area contributed by atoms with Gasteiger partial charge in [0.2, 0.25) is 0 Å². The Morgan fingerprint density at radius 2 is 2.09 bits per heavy atom. The fraction of sp³-hybridized carbons (Fsp3) is 0.889. The molecule has 0 amide bonds. The van der Waals surface area contributed by atoms with E-state index >= 15 is 0 Å². The highest BCUT2D eigenvalue weighted by atomic mass is 16.1. The van der Waals surface area contributed by atoms with Gasteiger partial charge in [0.25, 0.3) is 0 Å². The lowest BCUT2D eigenvalue weighted by Crippen LogP contribution is -2.43. The number of fused-ring (bicyclic) bond motifs is 1. The molecule has 1 aliphatic heterocycles. The number of hydrogen-bond donors (Lipinski definition) is 0. The maximum atomic E-state index is 11.4. The summed E-state index contributed by atoms with van der Waals surface area (Å²) in [6.07, 6.45) is 5.49. The Bertz CT molecular complexity index is 165. The van der Waals surface area contributed by atoms with E-state index in [0.29, 0.717) is 24.2 Å². The number of ketones is 1. The molecule has 0 aromatic carbocycles. The molecule has 2 unspecified atom stereocenters. The van der Waals surface area contributed by atoms with Crippen LogP contribution in [0.3, 0.4) is 0 Å². The highest BCUT2D eigenvalue weighted by Crippen LogP contribution is 2.28. The largest absolute Gasteiger partial charge is 0.299 e. The standard InChI is InChI=1S/C9H14NO/c11-9-5-6-10-8-4-2-1-3-7(8)9/h7-8H,1-6H2. The molecule has 0 N–H and O–H groups in total. The molecule has 2 heteroatoms. The third-order valence-electron chi connectivity index (χ3n) is 2.86. The topological polar surface area (TPSA) is 31.2 Å². The third-order valence-corrected chi connectivity index (χ3v) is 2.86. The Balaban J connectivity index is 2.05. The maximum absolute atomic E-state index is 11.4. The van der Waals surface area contributed by atoms with Gasteiger partial charge >= 0.3 is 0 Å². The second-order valence-electron chi connectivity index (χ2n) is 3.58. The summed E-state index contributed by atoms with van der Waals surface area (Å²) in [6, 6.07) is 0.407. The Morgan fingerprint density at radius 3 is 2.91 bits per heavy atom. The summed E-state index contributed by atoms with van der Waals surface area (Å²) in [7, 11) is 0. The summed E-state index contributed by atoms with van der Waals surface area (Å²) in [5.74, 6) is 0.794. The smallest absolute Gasteiger partial charge is 0.138 e. The number of nitrogens with zero attached hydrogens (tertiary/aromatic N) is 1.